The topological polar surface area (TPSA) is 72.2 Å². The SMILES string of the molecule is O=CNc1ccc(F)c(-c2cn3cc(-c4ccccn4)cnc3n2)c1. The van der Waals surface area contributed by atoms with Gasteiger partial charge in [0.1, 0.15) is 5.82 Å². The van der Waals surface area contributed by atoms with Crippen LogP contribution in [0.2, 0.25) is 0 Å². The molecule has 0 aliphatic heterocycles. The van der Waals surface area contributed by atoms with Crippen molar-refractivity contribution >= 4 is 17.9 Å². The zero-order chi connectivity index (χ0) is 17.2. The largest absolute Gasteiger partial charge is 0.329 e. The van der Waals surface area contributed by atoms with Crippen LogP contribution in [-0.4, -0.2) is 25.8 Å². The summed E-state index contributed by atoms with van der Waals surface area (Å²) >= 11 is 0. The highest BCUT2D eigenvalue weighted by Gasteiger charge is 2.12. The van der Waals surface area contributed by atoms with Gasteiger partial charge in [0.25, 0.3) is 0 Å². The molecule has 0 spiro atoms. The van der Waals surface area contributed by atoms with Crippen molar-refractivity contribution in [2.24, 2.45) is 0 Å². The van der Waals surface area contributed by atoms with E-state index in [9.17, 15) is 9.18 Å². The van der Waals surface area contributed by atoms with E-state index in [4.69, 9.17) is 0 Å². The Morgan fingerprint density at radius 1 is 1.08 bits per heavy atom. The summed E-state index contributed by atoms with van der Waals surface area (Å²) in [4.78, 5) is 23.5. The molecule has 25 heavy (non-hydrogen) atoms. The first-order chi connectivity index (χ1) is 12.2. The average Bonchev–Trinajstić information content (AvgIpc) is 3.07. The lowest BCUT2D eigenvalue weighted by molar-refractivity contribution is -0.105. The smallest absolute Gasteiger partial charge is 0.234 e. The number of carbonyl (C=O) groups is 1. The lowest BCUT2D eigenvalue weighted by Gasteiger charge is -2.03. The van der Waals surface area contributed by atoms with Crippen LogP contribution < -0.4 is 5.32 Å². The number of rotatable bonds is 4. The molecule has 7 heteroatoms. The van der Waals surface area contributed by atoms with Gasteiger partial charge in [-0.2, -0.15) is 0 Å². The van der Waals surface area contributed by atoms with Crippen molar-refractivity contribution in [1.82, 2.24) is 19.4 Å². The molecule has 0 atom stereocenters. The van der Waals surface area contributed by atoms with E-state index >= 15 is 0 Å². The van der Waals surface area contributed by atoms with Crippen molar-refractivity contribution in [1.29, 1.82) is 0 Å². The predicted octanol–water partition coefficient (Wildman–Crippen LogP) is 3.17. The van der Waals surface area contributed by atoms with E-state index in [-0.39, 0.29) is 5.56 Å². The number of halogens is 1. The Labute approximate surface area is 142 Å². The first kappa shape index (κ1) is 14.9. The van der Waals surface area contributed by atoms with Crippen molar-refractivity contribution in [3.63, 3.8) is 0 Å². The Hall–Kier alpha value is -3.61. The Morgan fingerprint density at radius 3 is 2.80 bits per heavy atom. The van der Waals surface area contributed by atoms with Gasteiger partial charge in [-0.3, -0.25) is 14.2 Å². The second-order valence-electron chi connectivity index (χ2n) is 5.35. The number of anilines is 1. The van der Waals surface area contributed by atoms with E-state index in [1.807, 2.05) is 24.4 Å². The van der Waals surface area contributed by atoms with Crippen LogP contribution in [0.4, 0.5) is 10.1 Å². The molecule has 3 aromatic heterocycles. The highest BCUT2D eigenvalue weighted by Crippen LogP contribution is 2.26. The molecule has 4 aromatic rings. The van der Waals surface area contributed by atoms with Gasteiger partial charge in [-0.05, 0) is 30.3 Å². The molecule has 1 amide bonds. The van der Waals surface area contributed by atoms with Crippen LogP contribution in [0, 0.1) is 5.82 Å². The van der Waals surface area contributed by atoms with Crippen LogP contribution in [-0.2, 0) is 4.79 Å². The molecule has 1 aromatic carbocycles. The summed E-state index contributed by atoms with van der Waals surface area (Å²) in [6.45, 7) is 0. The van der Waals surface area contributed by atoms with Gasteiger partial charge in [-0.15, -0.1) is 0 Å². The number of pyridine rings is 1. The van der Waals surface area contributed by atoms with Crippen LogP contribution >= 0.6 is 0 Å². The third-order valence-corrected chi connectivity index (χ3v) is 3.74. The first-order valence-corrected chi connectivity index (χ1v) is 7.51. The third-order valence-electron chi connectivity index (χ3n) is 3.74. The second kappa shape index (κ2) is 6.12. The van der Waals surface area contributed by atoms with Gasteiger partial charge in [0.2, 0.25) is 12.2 Å². The van der Waals surface area contributed by atoms with Crippen molar-refractivity contribution in [2.45, 2.75) is 0 Å². The molecular formula is C18H12FN5O. The van der Waals surface area contributed by atoms with Crippen LogP contribution in [0.25, 0.3) is 28.3 Å². The molecule has 3 heterocycles. The van der Waals surface area contributed by atoms with E-state index in [2.05, 4.69) is 20.3 Å². The van der Waals surface area contributed by atoms with Crippen LogP contribution in [0.3, 0.4) is 0 Å². The van der Waals surface area contributed by atoms with Crippen LogP contribution in [0.1, 0.15) is 0 Å². The molecule has 0 saturated carbocycles. The first-order valence-electron chi connectivity index (χ1n) is 7.51. The molecule has 0 fully saturated rings. The Kier molecular flexibility index (Phi) is 3.66. The summed E-state index contributed by atoms with van der Waals surface area (Å²) in [7, 11) is 0. The Morgan fingerprint density at radius 2 is 2.00 bits per heavy atom. The molecule has 0 saturated heterocycles. The van der Waals surface area contributed by atoms with Crippen molar-refractivity contribution in [3.05, 3.63) is 67.0 Å². The van der Waals surface area contributed by atoms with Gasteiger partial charge in [-0.25, -0.2) is 14.4 Å². The van der Waals surface area contributed by atoms with Gasteiger partial charge in [0, 0.05) is 41.6 Å². The highest BCUT2D eigenvalue weighted by atomic mass is 19.1. The molecule has 0 unspecified atom stereocenters. The van der Waals surface area contributed by atoms with Crippen molar-refractivity contribution in [3.8, 4) is 22.5 Å². The summed E-state index contributed by atoms with van der Waals surface area (Å²) in [5, 5.41) is 2.50. The molecule has 0 radical (unpaired) electrons. The van der Waals surface area contributed by atoms with E-state index < -0.39 is 5.82 Å². The number of carbonyl (C=O) groups excluding carboxylic acids is 1. The number of amides is 1. The standard InChI is InChI=1S/C18H12FN5O/c19-15-5-4-13(22-11-25)7-14(15)17-10-24-9-12(8-21-18(24)23-17)16-3-1-2-6-20-16/h1-11H,(H,22,25). The van der Waals surface area contributed by atoms with Gasteiger partial charge >= 0.3 is 0 Å². The average molecular weight is 333 g/mol. The summed E-state index contributed by atoms with van der Waals surface area (Å²) in [5.74, 6) is 0.0210. The Balaban J connectivity index is 1.79. The highest BCUT2D eigenvalue weighted by molar-refractivity contribution is 5.75. The molecule has 4 rings (SSSR count). The monoisotopic (exact) mass is 333 g/mol. The fourth-order valence-corrected chi connectivity index (χ4v) is 2.56. The summed E-state index contributed by atoms with van der Waals surface area (Å²) in [6, 6.07) is 9.93. The fraction of sp³-hybridized carbons (Fsp3) is 0. The summed E-state index contributed by atoms with van der Waals surface area (Å²) in [6.07, 6.45) is 7.46. The van der Waals surface area contributed by atoms with E-state index in [0.29, 0.717) is 23.6 Å². The quantitative estimate of drug-likeness (QED) is 0.582. The Bertz CT molecular complexity index is 1060. The van der Waals surface area contributed by atoms with Crippen LogP contribution in [0.5, 0.6) is 0 Å². The minimum Gasteiger partial charge on any atom is -0.329 e. The van der Waals surface area contributed by atoms with E-state index in [0.717, 1.165) is 11.3 Å². The minimum absolute atomic E-state index is 0.289. The number of nitrogens with zero attached hydrogens (tertiary/aromatic N) is 4. The maximum Gasteiger partial charge on any atom is 0.234 e. The lowest BCUT2D eigenvalue weighted by Crippen LogP contribution is -1.95. The molecular weight excluding hydrogens is 321 g/mol. The number of nitrogens with one attached hydrogen (secondary N) is 1. The molecule has 0 aliphatic carbocycles. The maximum absolute atomic E-state index is 14.2. The van der Waals surface area contributed by atoms with Gasteiger partial charge in [-0.1, -0.05) is 6.07 Å². The second-order valence-corrected chi connectivity index (χ2v) is 5.35. The number of imidazole rings is 1. The van der Waals surface area contributed by atoms with Crippen molar-refractivity contribution in [2.75, 3.05) is 5.32 Å². The van der Waals surface area contributed by atoms with Crippen molar-refractivity contribution < 1.29 is 9.18 Å². The molecule has 0 aliphatic rings. The number of fused-ring (bicyclic) bond motifs is 1. The van der Waals surface area contributed by atoms with Gasteiger partial charge in [0.15, 0.2) is 0 Å². The minimum atomic E-state index is -0.426. The number of hydrogen-bond donors (Lipinski definition) is 1. The number of aromatic nitrogens is 4. The third kappa shape index (κ3) is 2.83. The maximum atomic E-state index is 14.2. The molecule has 6 nitrogen and oxygen atoms in total. The lowest BCUT2D eigenvalue weighted by atomic mass is 10.1. The van der Waals surface area contributed by atoms with E-state index in [1.54, 1.807) is 23.0 Å². The van der Waals surface area contributed by atoms with E-state index in [1.165, 1.54) is 18.2 Å². The fourth-order valence-electron chi connectivity index (χ4n) is 2.56. The van der Waals surface area contributed by atoms with Gasteiger partial charge in [0.05, 0.1) is 11.4 Å². The normalized spacial score (nSPS) is 10.8. The summed E-state index contributed by atoms with van der Waals surface area (Å²) in [5.41, 5.74) is 2.82. The molecule has 1 N–H and O–H groups in total. The van der Waals surface area contributed by atoms with Crippen LogP contribution in [0.15, 0.2) is 61.2 Å². The summed E-state index contributed by atoms with van der Waals surface area (Å²) < 4.78 is 15.9. The predicted molar refractivity (Wildman–Crippen MR) is 91.3 cm³/mol. The van der Waals surface area contributed by atoms with Gasteiger partial charge < -0.3 is 5.32 Å². The molecule has 0 bridgehead atoms. The zero-order valence-electron chi connectivity index (χ0n) is 12.9. The zero-order valence-corrected chi connectivity index (χ0v) is 12.9. The number of benzene rings is 1. The molecule has 122 valence electrons. The number of hydrogen-bond acceptors (Lipinski definition) is 4.